The molecule has 0 aliphatic rings. The molecule has 10 heteroatoms. The molecule has 34 heavy (non-hydrogen) atoms. The Morgan fingerprint density at radius 3 is 2.38 bits per heavy atom. The predicted molar refractivity (Wildman–Crippen MR) is 120 cm³/mol. The number of H-pyrrole nitrogens is 1. The number of nitrogens with one attached hydrogen (secondary N) is 1. The van der Waals surface area contributed by atoms with Crippen molar-refractivity contribution >= 4 is 0 Å². The quantitative estimate of drug-likeness (QED) is 0.468. The summed E-state index contributed by atoms with van der Waals surface area (Å²) in [5.74, 6) is -0.539. The number of pyridine rings is 1. The highest BCUT2D eigenvalue weighted by Gasteiger charge is 2.36. The zero-order valence-corrected chi connectivity index (χ0v) is 18.6. The van der Waals surface area contributed by atoms with Crippen LogP contribution in [0.4, 0.5) is 13.2 Å². The molecule has 4 rings (SSSR count). The standard InChI is InChI=1S/C24H21F3N4O3/c1-14-5-4-6-16(11-14)17-7-8-19(15(2)12-17)34-21-18(24(25,26)27)9-10-31(22(21)32)13-20-28-29-23(33)30(20)3/h4-12H,13H2,1-3H3,(H,29,33). The van der Waals surface area contributed by atoms with Crippen molar-refractivity contribution in [3.8, 4) is 22.6 Å². The van der Waals surface area contributed by atoms with Gasteiger partial charge in [0, 0.05) is 13.2 Å². The monoisotopic (exact) mass is 470 g/mol. The first-order valence-electron chi connectivity index (χ1n) is 10.3. The molecule has 0 amide bonds. The molecule has 7 nitrogen and oxygen atoms in total. The zero-order chi connectivity index (χ0) is 24.6. The van der Waals surface area contributed by atoms with Gasteiger partial charge >= 0.3 is 11.9 Å². The van der Waals surface area contributed by atoms with Crippen LogP contribution in [0.5, 0.6) is 11.5 Å². The lowest BCUT2D eigenvalue weighted by atomic mass is 10.0. The Bertz CT molecular complexity index is 1480. The summed E-state index contributed by atoms with van der Waals surface area (Å²) in [5.41, 5.74) is 0.781. The molecular weight excluding hydrogens is 449 g/mol. The number of aryl methyl sites for hydroxylation is 2. The van der Waals surface area contributed by atoms with Crippen LogP contribution < -0.4 is 16.0 Å². The van der Waals surface area contributed by atoms with Crippen LogP contribution in [-0.2, 0) is 19.8 Å². The van der Waals surface area contributed by atoms with Gasteiger partial charge in [0.15, 0.2) is 5.82 Å². The fourth-order valence-corrected chi connectivity index (χ4v) is 3.55. The van der Waals surface area contributed by atoms with E-state index in [4.69, 9.17) is 4.74 Å². The number of ether oxygens (including phenoxy) is 1. The molecule has 0 aliphatic carbocycles. The molecule has 4 aromatic rings. The maximum atomic E-state index is 13.7. The van der Waals surface area contributed by atoms with Crippen molar-refractivity contribution in [3.05, 3.63) is 98.1 Å². The van der Waals surface area contributed by atoms with Gasteiger partial charge in [-0.25, -0.2) is 9.89 Å². The number of aromatic amines is 1. The number of rotatable bonds is 5. The van der Waals surface area contributed by atoms with E-state index < -0.39 is 28.7 Å². The van der Waals surface area contributed by atoms with Crippen LogP contribution in [0.3, 0.4) is 0 Å². The third-order valence-electron chi connectivity index (χ3n) is 5.45. The number of alkyl halides is 3. The van der Waals surface area contributed by atoms with Gasteiger partial charge in [-0.1, -0.05) is 35.9 Å². The van der Waals surface area contributed by atoms with Crippen molar-refractivity contribution in [2.45, 2.75) is 26.6 Å². The second-order valence-electron chi connectivity index (χ2n) is 7.95. The van der Waals surface area contributed by atoms with Crippen molar-refractivity contribution in [2.75, 3.05) is 0 Å². The molecule has 0 fully saturated rings. The van der Waals surface area contributed by atoms with E-state index in [0.29, 0.717) is 5.56 Å². The third kappa shape index (κ3) is 4.52. The van der Waals surface area contributed by atoms with Gasteiger partial charge in [-0.05, 0) is 48.7 Å². The Morgan fingerprint density at radius 2 is 1.76 bits per heavy atom. The van der Waals surface area contributed by atoms with Gasteiger partial charge < -0.3 is 9.30 Å². The molecule has 0 spiro atoms. The average molecular weight is 470 g/mol. The van der Waals surface area contributed by atoms with Gasteiger partial charge in [-0.3, -0.25) is 9.36 Å². The van der Waals surface area contributed by atoms with Gasteiger partial charge in [-0.15, -0.1) is 0 Å². The summed E-state index contributed by atoms with van der Waals surface area (Å²) in [5, 5.41) is 6.03. The Hall–Kier alpha value is -4.08. The summed E-state index contributed by atoms with van der Waals surface area (Å²) in [6.07, 6.45) is -3.80. The van der Waals surface area contributed by atoms with E-state index in [9.17, 15) is 22.8 Å². The molecule has 0 aliphatic heterocycles. The highest BCUT2D eigenvalue weighted by Crippen LogP contribution is 2.37. The minimum Gasteiger partial charge on any atom is -0.451 e. The van der Waals surface area contributed by atoms with Crippen molar-refractivity contribution in [2.24, 2.45) is 7.05 Å². The van der Waals surface area contributed by atoms with E-state index in [-0.39, 0.29) is 18.1 Å². The summed E-state index contributed by atoms with van der Waals surface area (Å²) in [7, 11) is 1.44. The minimum absolute atomic E-state index is 0.129. The van der Waals surface area contributed by atoms with Crippen molar-refractivity contribution in [1.29, 1.82) is 0 Å². The number of nitrogens with zero attached hydrogens (tertiary/aromatic N) is 3. The average Bonchev–Trinajstić information content (AvgIpc) is 3.09. The SMILES string of the molecule is Cc1cccc(-c2ccc(Oc3c(C(F)(F)F)ccn(Cc4n[nH]c(=O)n4C)c3=O)c(C)c2)c1. The summed E-state index contributed by atoms with van der Waals surface area (Å²) < 4.78 is 48.8. The lowest BCUT2D eigenvalue weighted by Crippen LogP contribution is -2.26. The summed E-state index contributed by atoms with van der Waals surface area (Å²) in [6.45, 7) is 3.45. The summed E-state index contributed by atoms with van der Waals surface area (Å²) in [4.78, 5) is 24.6. The lowest BCUT2D eigenvalue weighted by molar-refractivity contribution is -0.138. The largest absolute Gasteiger partial charge is 0.451 e. The van der Waals surface area contributed by atoms with Crippen LogP contribution >= 0.6 is 0 Å². The van der Waals surface area contributed by atoms with E-state index in [1.807, 2.05) is 31.2 Å². The van der Waals surface area contributed by atoms with E-state index in [1.165, 1.54) is 11.6 Å². The molecule has 176 valence electrons. The van der Waals surface area contributed by atoms with Crippen LogP contribution in [-0.4, -0.2) is 19.3 Å². The van der Waals surface area contributed by atoms with Crippen molar-refractivity contribution < 1.29 is 17.9 Å². The van der Waals surface area contributed by atoms with Crippen molar-refractivity contribution in [1.82, 2.24) is 19.3 Å². The highest BCUT2D eigenvalue weighted by atomic mass is 19.4. The van der Waals surface area contributed by atoms with Crippen LogP contribution in [0.15, 0.2) is 64.3 Å². The first kappa shape index (κ1) is 23.1. The maximum absolute atomic E-state index is 13.7. The van der Waals surface area contributed by atoms with Gasteiger partial charge in [-0.2, -0.15) is 18.3 Å². The van der Waals surface area contributed by atoms with Gasteiger partial charge in [0.25, 0.3) is 5.56 Å². The molecular formula is C24H21F3N4O3. The molecule has 0 atom stereocenters. The Labute approximate surface area is 192 Å². The first-order valence-corrected chi connectivity index (χ1v) is 10.3. The molecule has 0 unspecified atom stereocenters. The van der Waals surface area contributed by atoms with Crippen LogP contribution in [0.25, 0.3) is 11.1 Å². The minimum atomic E-state index is -4.80. The van der Waals surface area contributed by atoms with Crippen LogP contribution in [0.2, 0.25) is 0 Å². The molecule has 2 aromatic heterocycles. The molecule has 0 saturated carbocycles. The molecule has 2 heterocycles. The van der Waals surface area contributed by atoms with Crippen LogP contribution in [0.1, 0.15) is 22.5 Å². The Morgan fingerprint density at radius 1 is 1.03 bits per heavy atom. The fourth-order valence-electron chi connectivity index (χ4n) is 3.55. The number of hydrogen-bond acceptors (Lipinski definition) is 4. The smallest absolute Gasteiger partial charge is 0.420 e. The van der Waals surface area contributed by atoms with E-state index >= 15 is 0 Å². The van der Waals surface area contributed by atoms with Gasteiger partial charge in [0.1, 0.15) is 11.3 Å². The normalized spacial score (nSPS) is 11.6. The highest BCUT2D eigenvalue weighted by molar-refractivity contribution is 5.66. The lowest BCUT2D eigenvalue weighted by Gasteiger charge is -2.17. The summed E-state index contributed by atoms with van der Waals surface area (Å²) >= 11 is 0. The van der Waals surface area contributed by atoms with E-state index in [0.717, 1.165) is 33.5 Å². The second kappa shape index (κ2) is 8.69. The topological polar surface area (TPSA) is 81.9 Å². The van der Waals surface area contributed by atoms with Crippen molar-refractivity contribution in [3.63, 3.8) is 0 Å². The molecule has 0 radical (unpaired) electrons. The van der Waals surface area contributed by atoms with E-state index in [1.54, 1.807) is 25.1 Å². The van der Waals surface area contributed by atoms with Gasteiger partial charge in [0.05, 0.1) is 6.54 Å². The molecule has 2 aromatic carbocycles. The van der Waals surface area contributed by atoms with Gasteiger partial charge in [0.2, 0.25) is 5.75 Å². The summed E-state index contributed by atoms with van der Waals surface area (Å²) in [6, 6.07) is 13.6. The third-order valence-corrected chi connectivity index (χ3v) is 5.45. The molecule has 0 saturated heterocycles. The van der Waals surface area contributed by atoms with Crippen LogP contribution in [0, 0.1) is 13.8 Å². The number of halogens is 3. The second-order valence-corrected chi connectivity index (χ2v) is 7.95. The maximum Gasteiger partial charge on any atom is 0.420 e. The Balaban J connectivity index is 1.74. The molecule has 0 bridgehead atoms. The number of aromatic nitrogens is 4. The number of benzene rings is 2. The first-order chi connectivity index (χ1) is 16.0. The fraction of sp³-hybridized carbons (Fsp3) is 0.208. The predicted octanol–water partition coefficient (Wildman–Crippen LogP) is 4.41. The number of hydrogen-bond donors (Lipinski definition) is 1. The Kier molecular flexibility index (Phi) is 5.90. The molecule has 1 N–H and O–H groups in total. The zero-order valence-electron chi connectivity index (χ0n) is 18.6. The van der Waals surface area contributed by atoms with E-state index in [2.05, 4.69) is 10.2 Å².